The molecule has 0 spiro atoms. The van der Waals surface area contributed by atoms with E-state index in [0.29, 0.717) is 10.0 Å². The van der Waals surface area contributed by atoms with Gasteiger partial charge in [-0.25, -0.2) is 9.97 Å². The molecule has 1 aliphatic rings. The molecular formula is C17H21Cl2N4S+. The summed E-state index contributed by atoms with van der Waals surface area (Å²) in [5, 5.41) is 7.76. The molecule has 1 saturated heterocycles. The number of nitrogens with one attached hydrogen (secondary N) is 1. The van der Waals surface area contributed by atoms with Crippen LogP contribution in [0, 0.1) is 12.8 Å². The van der Waals surface area contributed by atoms with Gasteiger partial charge in [-0.3, -0.25) is 0 Å². The normalized spacial score (nSPS) is 15.5. The summed E-state index contributed by atoms with van der Waals surface area (Å²) >= 11 is 13.8. The maximum Gasteiger partial charge on any atom is 0.144 e. The van der Waals surface area contributed by atoms with E-state index in [1.165, 1.54) is 37.7 Å². The molecule has 7 heteroatoms. The van der Waals surface area contributed by atoms with E-state index in [9.17, 15) is 0 Å². The SMILES string of the molecule is Cc1nc(NCC2CC[NH2+]CC2)cnc1Sc1cccc(Cl)c1Cl. The molecule has 1 aromatic carbocycles. The quantitative estimate of drug-likeness (QED) is 0.827. The Labute approximate surface area is 156 Å². The number of piperidine rings is 1. The fourth-order valence-electron chi connectivity index (χ4n) is 2.77. The number of quaternary nitrogens is 1. The summed E-state index contributed by atoms with van der Waals surface area (Å²) in [6, 6.07) is 5.60. The fourth-order valence-corrected chi connectivity index (χ4v) is 4.10. The second kappa shape index (κ2) is 8.39. The summed E-state index contributed by atoms with van der Waals surface area (Å²) in [6.07, 6.45) is 4.32. The average molecular weight is 384 g/mol. The molecule has 128 valence electrons. The molecule has 24 heavy (non-hydrogen) atoms. The molecule has 0 bridgehead atoms. The van der Waals surface area contributed by atoms with E-state index in [2.05, 4.69) is 20.6 Å². The van der Waals surface area contributed by atoms with Crippen LogP contribution in [-0.4, -0.2) is 29.6 Å². The Morgan fingerprint density at radius 3 is 2.83 bits per heavy atom. The van der Waals surface area contributed by atoms with Gasteiger partial charge in [0.15, 0.2) is 0 Å². The molecule has 0 amide bonds. The highest BCUT2D eigenvalue weighted by atomic mass is 35.5. The van der Waals surface area contributed by atoms with Crippen LogP contribution < -0.4 is 10.6 Å². The molecule has 3 rings (SSSR count). The first-order valence-electron chi connectivity index (χ1n) is 8.14. The van der Waals surface area contributed by atoms with Crippen LogP contribution in [0.1, 0.15) is 18.5 Å². The lowest BCUT2D eigenvalue weighted by molar-refractivity contribution is -0.664. The smallest absolute Gasteiger partial charge is 0.144 e. The van der Waals surface area contributed by atoms with Crippen molar-refractivity contribution < 1.29 is 5.32 Å². The van der Waals surface area contributed by atoms with Crippen LogP contribution in [0.15, 0.2) is 34.3 Å². The van der Waals surface area contributed by atoms with Crippen molar-refractivity contribution >= 4 is 40.8 Å². The zero-order valence-corrected chi connectivity index (χ0v) is 15.9. The number of hydrogen-bond donors (Lipinski definition) is 2. The van der Waals surface area contributed by atoms with Crippen LogP contribution in [0.25, 0.3) is 0 Å². The predicted octanol–water partition coefficient (Wildman–Crippen LogP) is 3.63. The number of halogens is 2. The van der Waals surface area contributed by atoms with Crippen LogP contribution in [0.3, 0.4) is 0 Å². The zero-order chi connectivity index (χ0) is 16.9. The van der Waals surface area contributed by atoms with Gasteiger partial charge in [0.25, 0.3) is 0 Å². The lowest BCUT2D eigenvalue weighted by atomic mass is 9.98. The molecule has 4 nitrogen and oxygen atoms in total. The van der Waals surface area contributed by atoms with Crippen molar-refractivity contribution in [1.82, 2.24) is 9.97 Å². The molecule has 0 aliphatic carbocycles. The van der Waals surface area contributed by atoms with E-state index >= 15 is 0 Å². The van der Waals surface area contributed by atoms with E-state index in [0.717, 1.165) is 33.9 Å². The van der Waals surface area contributed by atoms with E-state index in [1.54, 1.807) is 12.3 Å². The summed E-state index contributed by atoms with van der Waals surface area (Å²) in [5.41, 5.74) is 0.887. The summed E-state index contributed by atoms with van der Waals surface area (Å²) in [4.78, 5) is 10.1. The first-order valence-corrected chi connectivity index (χ1v) is 9.72. The molecule has 1 aliphatic heterocycles. The maximum absolute atomic E-state index is 6.25. The fraction of sp³-hybridized carbons (Fsp3) is 0.412. The molecule has 3 N–H and O–H groups in total. The van der Waals surface area contributed by atoms with Gasteiger partial charge in [0.05, 0.1) is 35.0 Å². The molecule has 1 aromatic heterocycles. The third-order valence-corrected chi connectivity index (χ3v) is 6.24. The highest BCUT2D eigenvalue weighted by molar-refractivity contribution is 7.99. The highest BCUT2D eigenvalue weighted by Crippen LogP contribution is 2.37. The van der Waals surface area contributed by atoms with Crippen molar-refractivity contribution in [2.75, 3.05) is 25.0 Å². The van der Waals surface area contributed by atoms with Crippen LogP contribution >= 0.6 is 35.0 Å². The van der Waals surface area contributed by atoms with Gasteiger partial charge in [-0.05, 0) is 25.0 Å². The third kappa shape index (κ3) is 4.54. The summed E-state index contributed by atoms with van der Waals surface area (Å²) < 4.78 is 0. The number of aryl methyl sites for hydroxylation is 1. The molecule has 1 fully saturated rings. The topological polar surface area (TPSA) is 54.4 Å². The van der Waals surface area contributed by atoms with E-state index in [4.69, 9.17) is 23.2 Å². The monoisotopic (exact) mass is 383 g/mol. The number of rotatable bonds is 5. The van der Waals surface area contributed by atoms with Crippen molar-refractivity contribution in [3.63, 3.8) is 0 Å². The molecule has 0 radical (unpaired) electrons. The van der Waals surface area contributed by atoms with Crippen molar-refractivity contribution in [2.45, 2.75) is 29.7 Å². The van der Waals surface area contributed by atoms with Crippen LogP contribution in [0.4, 0.5) is 5.82 Å². The standard InChI is InChI=1S/C17H20Cl2N4S/c1-11-17(24-14-4-2-3-13(18)16(14)19)22-10-15(23-11)21-9-12-5-7-20-8-6-12/h2-4,10,12,20H,5-9H2,1H3,(H,21,23)/p+1. The summed E-state index contributed by atoms with van der Waals surface area (Å²) in [5.74, 6) is 1.57. The zero-order valence-electron chi connectivity index (χ0n) is 13.6. The van der Waals surface area contributed by atoms with Gasteiger partial charge in [0.1, 0.15) is 10.8 Å². The lowest BCUT2D eigenvalue weighted by Gasteiger charge is -2.20. The van der Waals surface area contributed by atoms with Crippen molar-refractivity contribution in [3.05, 3.63) is 40.1 Å². The van der Waals surface area contributed by atoms with Gasteiger partial charge in [-0.15, -0.1) is 0 Å². The van der Waals surface area contributed by atoms with Gasteiger partial charge in [0, 0.05) is 24.3 Å². The molecule has 2 aromatic rings. The second-order valence-electron chi connectivity index (χ2n) is 5.99. The Morgan fingerprint density at radius 2 is 2.08 bits per heavy atom. The maximum atomic E-state index is 6.25. The van der Waals surface area contributed by atoms with E-state index in [-0.39, 0.29) is 0 Å². The Bertz CT molecular complexity index is 705. The number of aromatic nitrogens is 2. The number of nitrogens with two attached hydrogens (primary N) is 1. The van der Waals surface area contributed by atoms with Gasteiger partial charge < -0.3 is 10.6 Å². The molecule has 0 atom stereocenters. The van der Waals surface area contributed by atoms with E-state index < -0.39 is 0 Å². The lowest BCUT2D eigenvalue weighted by Crippen LogP contribution is -2.86. The van der Waals surface area contributed by atoms with Crippen molar-refractivity contribution in [3.8, 4) is 0 Å². The molecule has 0 unspecified atom stereocenters. The Balaban J connectivity index is 1.64. The minimum atomic E-state index is 0.551. The van der Waals surface area contributed by atoms with Gasteiger partial charge >= 0.3 is 0 Å². The second-order valence-corrected chi connectivity index (χ2v) is 7.81. The Morgan fingerprint density at radius 1 is 1.29 bits per heavy atom. The Kier molecular flexibility index (Phi) is 6.22. The minimum absolute atomic E-state index is 0.551. The number of hydrogen-bond acceptors (Lipinski definition) is 4. The van der Waals surface area contributed by atoms with Crippen LogP contribution in [0.5, 0.6) is 0 Å². The summed E-state index contributed by atoms with van der Waals surface area (Å²) in [7, 11) is 0. The average Bonchev–Trinajstić information content (AvgIpc) is 2.60. The number of anilines is 1. The Hall–Kier alpha value is -1.01. The predicted molar refractivity (Wildman–Crippen MR) is 100 cm³/mol. The molecule has 2 heterocycles. The highest BCUT2D eigenvalue weighted by Gasteiger charge is 2.16. The molecular weight excluding hydrogens is 363 g/mol. The van der Waals surface area contributed by atoms with Gasteiger partial charge in [0.2, 0.25) is 0 Å². The summed E-state index contributed by atoms with van der Waals surface area (Å²) in [6.45, 7) is 5.39. The first kappa shape index (κ1) is 17.8. The van der Waals surface area contributed by atoms with Crippen molar-refractivity contribution in [2.24, 2.45) is 5.92 Å². The van der Waals surface area contributed by atoms with E-state index in [1.807, 2.05) is 19.1 Å². The van der Waals surface area contributed by atoms with Crippen LogP contribution in [0.2, 0.25) is 10.0 Å². The van der Waals surface area contributed by atoms with Crippen LogP contribution in [-0.2, 0) is 0 Å². The molecule has 0 saturated carbocycles. The van der Waals surface area contributed by atoms with Gasteiger partial charge in [-0.2, -0.15) is 0 Å². The first-order chi connectivity index (χ1) is 11.6. The minimum Gasteiger partial charge on any atom is -0.369 e. The largest absolute Gasteiger partial charge is 0.369 e. The number of benzene rings is 1. The van der Waals surface area contributed by atoms with Crippen molar-refractivity contribution in [1.29, 1.82) is 0 Å². The third-order valence-electron chi connectivity index (χ3n) is 4.15. The number of nitrogens with zero attached hydrogens (tertiary/aromatic N) is 2. The van der Waals surface area contributed by atoms with Gasteiger partial charge in [-0.1, -0.05) is 41.0 Å².